The first-order valence-corrected chi connectivity index (χ1v) is 12.2. The number of hydrogen-bond acceptors (Lipinski definition) is 2. The topological polar surface area (TPSA) is 18.5 Å². The van der Waals surface area contributed by atoms with Gasteiger partial charge in [-0.1, -0.05) is 6.92 Å². The summed E-state index contributed by atoms with van der Waals surface area (Å²) in [6.45, 7) is 18.6. The van der Waals surface area contributed by atoms with E-state index in [-0.39, 0.29) is 5.22 Å². The molecule has 0 spiro atoms. The number of hydrogen-bond donors (Lipinski definition) is 0. The summed E-state index contributed by atoms with van der Waals surface area (Å²) in [5.74, 6) is 0. The van der Waals surface area contributed by atoms with Crippen LogP contribution in [0, 0.1) is 0 Å². The average Bonchev–Trinajstić information content (AvgIpc) is 2.00. The fraction of sp³-hybridized carbons (Fsp3) is 1.00. The molecular weight excluding hydrogens is 220 g/mol. The SMILES string of the molecule is CCO[Si](C)(C)[C@](C)(CC)O[Si](C)(C)C. The second-order valence-corrected chi connectivity index (χ2v) is 14.5. The molecular formula is C11H28O2Si2. The first kappa shape index (κ1) is 15.4. The summed E-state index contributed by atoms with van der Waals surface area (Å²) in [6.07, 6.45) is 1.04. The van der Waals surface area contributed by atoms with Crippen LogP contribution in [0.25, 0.3) is 0 Å². The molecule has 0 radical (unpaired) electrons. The van der Waals surface area contributed by atoms with E-state index in [1.165, 1.54) is 0 Å². The van der Waals surface area contributed by atoms with Gasteiger partial charge in [0.15, 0.2) is 8.32 Å². The molecule has 0 aliphatic rings. The summed E-state index contributed by atoms with van der Waals surface area (Å²) in [7, 11) is -3.25. The van der Waals surface area contributed by atoms with Crippen molar-refractivity contribution in [3.05, 3.63) is 0 Å². The Kier molecular flexibility index (Phi) is 5.24. The van der Waals surface area contributed by atoms with Gasteiger partial charge in [-0.25, -0.2) is 0 Å². The molecule has 0 rings (SSSR count). The molecule has 92 valence electrons. The van der Waals surface area contributed by atoms with E-state index in [0.29, 0.717) is 0 Å². The molecule has 0 fully saturated rings. The first-order chi connectivity index (χ1) is 6.58. The lowest BCUT2D eigenvalue weighted by molar-refractivity contribution is 0.118. The van der Waals surface area contributed by atoms with Crippen LogP contribution in [-0.4, -0.2) is 28.5 Å². The fourth-order valence-electron chi connectivity index (χ4n) is 1.81. The lowest BCUT2D eigenvalue weighted by Gasteiger charge is -2.45. The van der Waals surface area contributed by atoms with E-state index >= 15 is 0 Å². The molecule has 0 aliphatic carbocycles. The highest BCUT2D eigenvalue weighted by molar-refractivity contribution is 6.76. The zero-order valence-electron chi connectivity index (χ0n) is 11.7. The molecule has 0 amide bonds. The highest BCUT2D eigenvalue weighted by atomic mass is 28.4. The Hall–Kier alpha value is 0.354. The molecule has 0 bridgehead atoms. The Morgan fingerprint density at radius 1 is 1.00 bits per heavy atom. The Bertz CT molecular complexity index is 199. The van der Waals surface area contributed by atoms with Crippen molar-refractivity contribution < 1.29 is 8.85 Å². The molecule has 1 atom stereocenters. The van der Waals surface area contributed by atoms with Crippen molar-refractivity contribution in [1.82, 2.24) is 0 Å². The van der Waals surface area contributed by atoms with Crippen molar-refractivity contribution in [2.75, 3.05) is 6.61 Å². The minimum Gasteiger partial charge on any atom is -0.415 e. The molecule has 15 heavy (non-hydrogen) atoms. The van der Waals surface area contributed by atoms with Crippen LogP contribution in [0.5, 0.6) is 0 Å². The third-order valence-corrected chi connectivity index (χ3v) is 8.27. The van der Waals surface area contributed by atoms with Gasteiger partial charge in [0.25, 0.3) is 0 Å². The van der Waals surface area contributed by atoms with Gasteiger partial charge in [-0.15, -0.1) is 0 Å². The summed E-state index contributed by atoms with van der Waals surface area (Å²) < 4.78 is 12.3. The second-order valence-electron chi connectivity index (χ2n) is 5.74. The van der Waals surface area contributed by atoms with E-state index in [2.05, 4.69) is 53.5 Å². The van der Waals surface area contributed by atoms with E-state index in [9.17, 15) is 0 Å². The molecule has 0 aromatic rings. The minimum atomic E-state index is -1.75. The van der Waals surface area contributed by atoms with Gasteiger partial charge in [-0.2, -0.15) is 0 Å². The Morgan fingerprint density at radius 2 is 1.47 bits per heavy atom. The van der Waals surface area contributed by atoms with Crippen LogP contribution in [0.2, 0.25) is 32.7 Å². The zero-order chi connectivity index (χ0) is 12.3. The van der Waals surface area contributed by atoms with Crippen molar-refractivity contribution in [3.8, 4) is 0 Å². The monoisotopic (exact) mass is 248 g/mol. The molecule has 0 saturated heterocycles. The average molecular weight is 249 g/mol. The van der Waals surface area contributed by atoms with Crippen molar-refractivity contribution in [3.63, 3.8) is 0 Å². The van der Waals surface area contributed by atoms with Crippen LogP contribution in [-0.2, 0) is 8.85 Å². The van der Waals surface area contributed by atoms with Crippen LogP contribution in [0.15, 0.2) is 0 Å². The fourth-order valence-corrected chi connectivity index (χ4v) is 7.09. The Morgan fingerprint density at radius 3 is 1.73 bits per heavy atom. The maximum absolute atomic E-state index is 6.37. The molecule has 2 nitrogen and oxygen atoms in total. The molecule has 0 aliphatic heterocycles. The van der Waals surface area contributed by atoms with Gasteiger partial charge in [0.1, 0.15) is 0 Å². The summed E-state index contributed by atoms with van der Waals surface area (Å²) >= 11 is 0. The van der Waals surface area contributed by atoms with E-state index in [0.717, 1.165) is 13.0 Å². The summed E-state index contributed by atoms with van der Waals surface area (Å²) in [5.41, 5.74) is 0. The summed E-state index contributed by atoms with van der Waals surface area (Å²) in [6, 6.07) is 0. The highest BCUT2D eigenvalue weighted by Gasteiger charge is 2.46. The molecule has 0 aromatic heterocycles. The van der Waals surface area contributed by atoms with Gasteiger partial charge in [0.2, 0.25) is 8.32 Å². The van der Waals surface area contributed by atoms with Crippen LogP contribution in [0.1, 0.15) is 27.2 Å². The van der Waals surface area contributed by atoms with Gasteiger partial charge in [0, 0.05) is 6.61 Å². The maximum atomic E-state index is 6.37. The third-order valence-electron chi connectivity index (χ3n) is 2.98. The molecule has 0 N–H and O–H groups in total. The van der Waals surface area contributed by atoms with Crippen LogP contribution < -0.4 is 0 Å². The van der Waals surface area contributed by atoms with Crippen molar-refractivity contribution in [1.29, 1.82) is 0 Å². The van der Waals surface area contributed by atoms with Crippen LogP contribution in [0.3, 0.4) is 0 Å². The molecule has 4 heteroatoms. The maximum Gasteiger partial charge on any atom is 0.216 e. The van der Waals surface area contributed by atoms with Crippen molar-refractivity contribution in [2.24, 2.45) is 0 Å². The molecule has 0 unspecified atom stereocenters. The van der Waals surface area contributed by atoms with E-state index in [1.807, 2.05) is 0 Å². The summed E-state index contributed by atoms with van der Waals surface area (Å²) in [5, 5.41) is -0.0481. The Balaban J connectivity index is 4.83. The largest absolute Gasteiger partial charge is 0.415 e. The van der Waals surface area contributed by atoms with Crippen molar-refractivity contribution in [2.45, 2.75) is 65.2 Å². The summed E-state index contributed by atoms with van der Waals surface area (Å²) in [4.78, 5) is 0. The lowest BCUT2D eigenvalue weighted by atomic mass is 10.3. The van der Waals surface area contributed by atoms with Gasteiger partial charge in [-0.3, -0.25) is 0 Å². The highest BCUT2D eigenvalue weighted by Crippen LogP contribution is 2.32. The predicted molar refractivity (Wildman–Crippen MR) is 72.2 cm³/mol. The van der Waals surface area contributed by atoms with E-state index in [4.69, 9.17) is 8.85 Å². The van der Waals surface area contributed by atoms with E-state index in [1.54, 1.807) is 0 Å². The van der Waals surface area contributed by atoms with E-state index < -0.39 is 16.6 Å². The second kappa shape index (κ2) is 5.12. The Labute approximate surface area is 97.6 Å². The van der Waals surface area contributed by atoms with Gasteiger partial charge in [0.05, 0.1) is 5.22 Å². The predicted octanol–water partition coefficient (Wildman–Crippen LogP) is 3.79. The van der Waals surface area contributed by atoms with Gasteiger partial charge >= 0.3 is 0 Å². The first-order valence-electron chi connectivity index (χ1n) is 5.92. The molecule has 0 heterocycles. The lowest BCUT2D eigenvalue weighted by Crippen LogP contribution is -2.59. The normalized spacial score (nSPS) is 17.6. The van der Waals surface area contributed by atoms with Gasteiger partial charge < -0.3 is 8.85 Å². The number of rotatable bonds is 6. The van der Waals surface area contributed by atoms with Crippen molar-refractivity contribution >= 4 is 16.6 Å². The molecule has 0 aromatic carbocycles. The van der Waals surface area contributed by atoms with Crippen LogP contribution in [0.4, 0.5) is 0 Å². The standard InChI is InChI=1S/C11H28O2Si2/c1-9-11(3,13-14(4,5)6)15(7,8)12-10-2/h9-10H2,1-8H3/t11-/m1/s1. The smallest absolute Gasteiger partial charge is 0.216 e. The van der Waals surface area contributed by atoms with Gasteiger partial charge in [-0.05, 0) is 53.0 Å². The van der Waals surface area contributed by atoms with Crippen LogP contribution >= 0.6 is 0 Å². The third kappa shape index (κ3) is 4.38. The minimum absolute atomic E-state index is 0.0481. The quantitative estimate of drug-likeness (QED) is 0.666. The molecule has 0 saturated carbocycles. The zero-order valence-corrected chi connectivity index (χ0v) is 13.7.